The molecule has 1 unspecified atom stereocenters. The molecular formula is C30H26N2O2. The highest BCUT2D eigenvalue weighted by atomic mass is 16.2. The van der Waals surface area contributed by atoms with Crippen molar-refractivity contribution in [2.45, 2.75) is 26.4 Å². The minimum atomic E-state index is -0.702. The lowest BCUT2D eigenvalue weighted by Crippen LogP contribution is -2.35. The van der Waals surface area contributed by atoms with Crippen LogP contribution < -0.4 is 5.32 Å². The zero-order valence-corrected chi connectivity index (χ0v) is 19.3. The van der Waals surface area contributed by atoms with Crippen molar-refractivity contribution >= 4 is 17.5 Å². The van der Waals surface area contributed by atoms with Gasteiger partial charge in [-0.1, -0.05) is 91.0 Å². The number of aryl methyl sites for hydroxylation is 2. The molecule has 0 radical (unpaired) electrons. The second-order valence-corrected chi connectivity index (χ2v) is 8.70. The second kappa shape index (κ2) is 8.99. The quantitative estimate of drug-likeness (QED) is 0.391. The minimum Gasteiger partial charge on any atom is -0.323 e. The normalized spacial score (nSPS) is 14.7. The molecule has 0 aliphatic carbocycles. The van der Waals surface area contributed by atoms with Crippen molar-refractivity contribution in [3.63, 3.8) is 0 Å². The van der Waals surface area contributed by atoms with Gasteiger partial charge < -0.3 is 10.2 Å². The molecule has 1 atom stereocenters. The highest BCUT2D eigenvalue weighted by molar-refractivity contribution is 6.08. The number of amides is 2. The van der Waals surface area contributed by atoms with Crippen molar-refractivity contribution in [1.29, 1.82) is 0 Å². The molecule has 1 aliphatic heterocycles. The maximum absolute atomic E-state index is 13.7. The van der Waals surface area contributed by atoms with E-state index < -0.39 is 6.04 Å². The topological polar surface area (TPSA) is 49.4 Å². The lowest BCUT2D eigenvalue weighted by atomic mass is 9.99. The number of nitrogens with zero attached hydrogens (tertiary/aromatic N) is 1. The third-order valence-electron chi connectivity index (χ3n) is 6.48. The van der Waals surface area contributed by atoms with E-state index in [1.54, 1.807) is 11.0 Å². The molecule has 4 aromatic rings. The molecule has 0 saturated carbocycles. The van der Waals surface area contributed by atoms with Gasteiger partial charge in [0.1, 0.15) is 6.04 Å². The van der Waals surface area contributed by atoms with Crippen LogP contribution in [0.25, 0.3) is 11.1 Å². The molecule has 4 aromatic carbocycles. The summed E-state index contributed by atoms with van der Waals surface area (Å²) in [6, 6.07) is 30.8. The van der Waals surface area contributed by atoms with Crippen LogP contribution >= 0.6 is 0 Å². The third-order valence-corrected chi connectivity index (χ3v) is 6.48. The van der Waals surface area contributed by atoms with Crippen molar-refractivity contribution in [1.82, 2.24) is 4.90 Å². The minimum absolute atomic E-state index is 0.125. The van der Waals surface area contributed by atoms with Gasteiger partial charge in [-0.15, -0.1) is 0 Å². The van der Waals surface area contributed by atoms with Crippen LogP contribution in [-0.2, 0) is 11.3 Å². The first-order valence-electron chi connectivity index (χ1n) is 11.4. The first-order valence-corrected chi connectivity index (χ1v) is 11.4. The van der Waals surface area contributed by atoms with Crippen LogP contribution in [-0.4, -0.2) is 16.7 Å². The van der Waals surface area contributed by atoms with Gasteiger partial charge >= 0.3 is 0 Å². The molecule has 0 bridgehead atoms. The fraction of sp³-hybridized carbons (Fsp3) is 0.133. The van der Waals surface area contributed by atoms with E-state index in [0.29, 0.717) is 12.1 Å². The number of carbonyl (C=O) groups excluding carboxylic acids is 2. The van der Waals surface area contributed by atoms with E-state index in [1.165, 1.54) is 0 Å². The van der Waals surface area contributed by atoms with Crippen LogP contribution in [0.2, 0.25) is 0 Å². The number of anilines is 1. The fourth-order valence-corrected chi connectivity index (χ4v) is 4.76. The van der Waals surface area contributed by atoms with Crippen LogP contribution in [0, 0.1) is 13.8 Å². The van der Waals surface area contributed by atoms with E-state index in [2.05, 4.69) is 23.5 Å². The predicted molar refractivity (Wildman–Crippen MR) is 135 cm³/mol. The molecule has 2 amide bonds. The molecule has 1 heterocycles. The monoisotopic (exact) mass is 446 g/mol. The van der Waals surface area contributed by atoms with Gasteiger partial charge in [0, 0.05) is 17.8 Å². The van der Waals surface area contributed by atoms with E-state index in [0.717, 1.165) is 39.1 Å². The maximum atomic E-state index is 13.7. The molecule has 1 aliphatic rings. The standard InChI is InChI=1S/C30H26N2O2/c1-20-11-10-12-21(2)27(20)31-29(33)28-25-17-8-9-18-26(25)30(34)32(28)19-23-15-6-7-16-24(23)22-13-4-3-5-14-22/h3-18,28H,19H2,1-2H3,(H,31,33). The summed E-state index contributed by atoms with van der Waals surface area (Å²) in [4.78, 5) is 28.9. The average molecular weight is 447 g/mol. The lowest BCUT2D eigenvalue weighted by Gasteiger charge is -2.26. The molecule has 0 fully saturated rings. The maximum Gasteiger partial charge on any atom is 0.255 e. The fourth-order valence-electron chi connectivity index (χ4n) is 4.76. The molecule has 5 rings (SSSR count). The number of benzene rings is 4. The summed E-state index contributed by atoms with van der Waals surface area (Å²) in [5.41, 5.74) is 7.25. The molecule has 0 spiro atoms. The summed E-state index contributed by atoms with van der Waals surface area (Å²) in [6.45, 7) is 4.29. The molecule has 0 saturated heterocycles. The van der Waals surface area contributed by atoms with Crippen molar-refractivity contribution in [2.75, 3.05) is 5.32 Å². The predicted octanol–water partition coefficient (Wildman–Crippen LogP) is 6.31. The van der Waals surface area contributed by atoms with E-state index >= 15 is 0 Å². The zero-order valence-electron chi connectivity index (χ0n) is 19.3. The Balaban J connectivity index is 1.53. The number of hydrogen-bond donors (Lipinski definition) is 1. The summed E-state index contributed by atoms with van der Waals surface area (Å²) in [7, 11) is 0. The number of fused-ring (bicyclic) bond motifs is 1. The van der Waals surface area contributed by atoms with Crippen LogP contribution in [0.1, 0.15) is 38.7 Å². The highest BCUT2D eigenvalue weighted by Crippen LogP contribution is 2.37. The SMILES string of the molecule is Cc1cccc(C)c1NC(=O)C1c2ccccc2C(=O)N1Cc1ccccc1-c1ccccc1. The van der Waals surface area contributed by atoms with Gasteiger partial charge in [-0.3, -0.25) is 9.59 Å². The van der Waals surface area contributed by atoms with Crippen molar-refractivity contribution in [3.8, 4) is 11.1 Å². The second-order valence-electron chi connectivity index (χ2n) is 8.70. The zero-order chi connectivity index (χ0) is 23.7. The van der Waals surface area contributed by atoms with E-state index in [-0.39, 0.29) is 11.8 Å². The van der Waals surface area contributed by atoms with Gasteiger partial charge in [-0.05, 0) is 53.3 Å². The molecule has 34 heavy (non-hydrogen) atoms. The summed E-state index contributed by atoms with van der Waals surface area (Å²) in [5, 5.41) is 3.11. The van der Waals surface area contributed by atoms with E-state index in [4.69, 9.17) is 0 Å². The van der Waals surface area contributed by atoms with Gasteiger partial charge in [0.15, 0.2) is 0 Å². The Labute approximate surface area is 199 Å². The summed E-state index contributed by atoms with van der Waals surface area (Å²) in [6.07, 6.45) is 0. The van der Waals surface area contributed by atoms with Crippen molar-refractivity contribution < 1.29 is 9.59 Å². The van der Waals surface area contributed by atoms with E-state index in [1.807, 2.05) is 86.6 Å². The smallest absolute Gasteiger partial charge is 0.255 e. The number of nitrogens with one attached hydrogen (secondary N) is 1. The van der Waals surface area contributed by atoms with Crippen LogP contribution in [0.3, 0.4) is 0 Å². The largest absolute Gasteiger partial charge is 0.323 e. The first-order chi connectivity index (χ1) is 16.5. The van der Waals surface area contributed by atoms with Crippen molar-refractivity contribution in [2.24, 2.45) is 0 Å². The van der Waals surface area contributed by atoms with Crippen LogP contribution in [0.15, 0.2) is 97.1 Å². The third kappa shape index (κ3) is 3.88. The molecule has 4 heteroatoms. The Morgan fingerprint density at radius 1 is 0.765 bits per heavy atom. The van der Waals surface area contributed by atoms with Gasteiger partial charge in [0.25, 0.3) is 11.8 Å². The Hall–Kier alpha value is -4.18. The van der Waals surface area contributed by atoms with E-state index in [9.17, 15) is 9.59 Å². The number of carbonyl (C=O) groups is 2. The van der Waals surface area contributed by atoms with Gasteiger partial charge in [-0.25, -0.2) is 0 Å². The Kier molecular flexibility index (Phi) is 5.72. The van der Waals surface area contributed by atoms with Gasteiger partial charge in [-0.2, -0.15) is 0 Å². The summed E-state index contributed by atoms with van der Waals surface area (Å²) < 4.78 is 0. The van der Waals surface area contributed by atoms with Crippen LogP contribution in [0.5, 0.6) is 0 Å². The Morgan fingerprint density at radius 2 is 1.38 bits per heavy atom. The molecule has 1 N–H and O–H groups in total. The van der Waals surface area contributed by atoms with Crippen molar-refractivity contribution in [3.05, 3.63) is 125 Å². The number of rotatable bonds is 5. The summed E-state index contributed by atoms with van der Waals surface area (Å²) in [5.74, 6) is -0.326. The summed E-state index contributed by atoms with van der Waals surface area (Å²) >= 11 is 0. The molecule has 168 valence electrons. The first kappa shape index (κ1) is 21.7. The molecular weight excluding hydrogens is 420 g/mol. The van der Waals surface area contributed by atoms with Gasteiger partial charge in [0.05, 0.1) is 0 Å². The Morgan fingerprint density at radius 3 is 2.12 bits per heavy atom. The number of hydrogen-bond acceptors (Lipinski definition) is 2. The number of para-hydroxylation sites is 1. The highest BCUT2D eigenvalue weighted by Gasteiger charge is 2.41. The van der Waals surface area contributed by atoms with Crippen LogP contribution in [0.4, 0.5) is 5.69 Å². The lowest BCUT2D eigenvalue weighted by molar-refractivity contribution is -0.120. The molecule has 4 nitrogen and oxygen atoms in total. The Bertz CT molecular complexity index is 1360. The molecule has 0 aromatic heterocycles. The average Bonchev–Trinajstić information content (AvgIpc) is 3.14. The van der Waals surface area contributed by atoms with Gasteiger partial charge in [0.2, 0.25) is 0 Å².